The van der Waals surface area contributed by atoms with Gasteiger partial charge in [-0.05, 0) is 47.2 Å². The summed E-state index contributed by atoms with van der Waals surface area (Å²) >= 11 is 3.42. The molecule has 164 valence electrons. The van der Waals surface area contributed by atoms with E-state index in [4.69, 9.17) is 0 Å². The summed E-state index contributed by atoms with van der Waals surface area (Å²) in [5, 5.41) is 3.27. The summed E-state index contributed by atoms with van der Waals surface area (Å²) in [4.78, 5) is 28.5. The maximum Gasteiger partial charge on any atom is 0.573 e. The van der Waals surface area contributed by atoms with E-state index in [1.54, 1.807) is 0 Å². The van der Waals surface area contributed by atoms with Crippen LogP contribution in [0.25, 0.3) is 10.9 Å². The number of nitrogens with zero attached hydrogens (tertiary/aromatic N) is 4. The van der Waals surface area contributed by atoms with Crippen molar-refractivity contribution in [2.24, 2.45) is 0 Å². The van der Waals surface area contributed by atoms with Gasteiger partial charge < -0.3 is 24.8 Å². The van der Waals surface area contributed by atoms with Crippen molar-refractivity contribution >= 4 is 44.3 Å². The van der Waals surface area contributed by atoms with Crippen molar-refractivity contribution in [1.82, 2.24) is 19.9 Å². The van der Waals surface area contributed by atoms with E-state index in [0.717, 1.165) is 26.2 Å². The lowest BCUT2D eigenvalue weighted by Gasteiger charge is -2.32. The smallest absolute Gasteiger partial charge is 0.406 e. The molecule has 0 saturated carbocycles. The van der Waals surface area contributed by atoms with Crippen molar-refractivity contribution in [3.8, 4) is 5.75 Å². The lowest BCUT2D eigenvalue weighted by molar-refractivity contribution is -0.274. The first-order valence-corrected chi connectivity index (χ1v) is 10.1. The zero-order chi connectivity index (χ0) is 22.2. The molecular formula is C19H18BrF3N6O2. The lowest BCUT2D eigenvalue weighted by atomic mass is 10.2. The number of fused-ring (bicyclic) bond motifs is 1. The molecule has 31 heavy (non-hydrogen) atoms. The molecule has 0 unspecified atom stereocenters. The van der Waals surface area contributed by atoms with Gasteiger partial charge in [-0.2, -0.15) is 4.98 Å². The first kappa shape index (κ1) is 21.4. The van der Waals surface area contributed by atoms with E-state index >= 15 is 0 Å². The Hall–Kier alpha value is -2.86. The third-order valence-electron chi connectivity index (χ3n) is 4.82. The van der Waals surface area contributed by atoms with Crippen LogP contribution in [-0.4, -0.2) is 59.4 Å². The number of ether oxygens (including phenoxy) is 1. The maximum atomic E-state index is 12.5. The van der Waals surface area contributed by atoms with E-state index in [1.807, 2.05) is 11.9 Å². The van der Waals surface area contributed by atoms with Gasteiger partial charge in [-0.15, -0.1) is 13.2 Å². The highest BCUT2D eigenvalue weighted by atomic mass is 79.9. The molecule has 3 heterocycles. The number of aromatic amines is 1. The number of pyridine rings is 1. The summed E-state index contributed by atoms with van der Waals surface area (Å²) in [6.07, 6.45) is -3.26. The molecule has 1 aromatic carbocycles. The fourth-order valence-electron chi connectivity index (χ4n) is 3.22. The third kappa shape index (κ3) is 4.90. The molecule has 0 spiro atoms. The van der Waals surface area contributed by atoms with Gasteiger partial charge in [-0.25, -0.2) is 4.98 Å². The van der Waals surface area contributed by atoms with Gasteiger partial charge in [-0.1, -0.05) is 0 Å². The Balaban J connectivity index is 1.72. The molecule has 0 amide bonds. The number of anilines is 3. The van der Waals surface area contributed by atoms with Gasteiger partial charge in [0.05, 0.1) is 9.99 Å². The number of hydrogen-bond acceptors (Lipinski definition) is 7. The predicted molar refractivity (Wildman–Crippen MR) is 114 cm³/mol. The molecule has 1 aliphatic rings. The molecule has 1 aliphatic heterocycles. The van der Waals surface area contributed by atoms with Gasteiger partial charge in [-0.3, -0.25) is 4.79 Å². The van der Waals surface area contributed by atoms with Gasteiger partial charge >= 0.3 is 6.36 Å². The Kier molecular flexibility index (Phi) is 5.75. The van der Waals surface area contributed by atoms with Gasteiger partial charge in [0.1, 0.15) is 17.0 Å². The Morgan fingerprint density at radius 3 is 2.45 bits per heavy atom. The van der Waals surface area contributed by atoms with Crippen LogP contribution in [0, 0.1) is 0 Å². The SMILES string of the molecule is CN1CCN(c2nc(Nc3ccc(OC(F)(F)F)cc3)c3c(=O)[nH]cc(Br)c3n2)CC1. The fourth-order valence-corrected chi connectivity index (χ4v) is 3.62. The number of alkyl halides is 3. The molecule has 12 heteroatoms. The van der Waals surface area contributed by atoms with Crippen LogP contribution in [0.1, 0.15) is 0 Å². The summed E-state index contributed by atoms with van der Waals surface area (Å²) in [6, 6.07) is 5.19. The molecule has 0 radical (unpaired) electrons. The monoisotopic (exact) mass is 498 g/mol. The Bertz CT molecular complexity index is 1140. The average Bonchev–Trinajstić information content (AvgIpc) is 2.71. The van der Waals surface area contributed by atoms with Crippen molar-refractivity contribution in [1.29, 1.82) is 0 Å². The molecule has 8 nitrogen and oxygen atoms in total. The number of H-pyrrole nitrogens is 1. The molecule has 0 atom stereocenters. The summed E-state index contributed by atoms with van der Waals surface area (Å²) in [5.74, 6) is 0.377. The van der Waals surface area contributed by atoms with Gasteiger partial charge in [0.2, 0.25) is 5.95 Å². The minimum Gasteiger partial charge on any atom is -0.406 e. The standard InChI is InChI=1S/C19H18BrF3N6O2/c1-28-6-8-29(9-7-28)18-26-15-13(20)10-24-17(30)14(15)16(27-18)25-11-2-4-12(5-3-11)31-19(21,22)23/h2-5,10H,6-9H2,1H3,(H,24,30)(H,25,26,27). The van der Waals surface area contributed by atoms with Crippen LogP contribution in [0.5, 0.6) is 5.75 Å². The quantitative estimate of drug-likeness (QED) is 0.569. The summed E-state index contributed by atoms with van der Waals surface area (Å²) in [6.45, 7) is 3.15. The van der Waals surface area contributed by atoms with E-state index in [-0.39, 0.29) is 22.5 Å². The molecule has 0 aliphatic carbocycles. The second-order valence-corrected chi connectivity index (χ2v) is 7.90. The van der Waals surface area contributed by atoms with E-state index in [0.29, 0.717) is 21.6 Å². The van der Waals surface area contributed by atoms with Crippen LogP contribution >= 0.6 is 15.9 Å². The Morgan fingerprint density at radius 2 is 1.81 bits per heavy atom. The minimum atomic E-state index is -4.77. The van der Waals surface area contributed by atoms with Gasteiger partial charge in [0.15, 0.2) is 0 Å². The molecule has 0 bridgehead atoms. The van der Waals surface area contributed by atoms with Crippen molar-refractivity contribution in [2.75, 3.05) is 43.4 Å². The Labute approximate surface area is 183 Å². The summed E-state index contributed by atoms with van der Waals surface area (Å²) in [7, 11) is 2.04. The summed E-state index contributed by atoms with van der Waals surface area (Å²) in [5.41, 5.74) is 0.494. The van der Waals surface area contributed by atoms with Crippen molar-refractivity contribution < 1.29 is 17.9 Å². The fraction of sp³-hybridized carbons (Fsp3) is 0.316. The zero-order valence-electron chi connectivity index (χ0n) is 16.3. The number of rotatable bonds is 4. The number of halogens is 4. The van der Waals surface area contributed by atoms with Crippen molar-refractivity contribution in [3.05, 3.63) is 45.3 Å². The number of hydrogen-bond donors (Lipinski definition) is 2. The van der Waals surface area contributed by atoms with E-state index in [9.17, 15) is 18.0 Å². The minimum absolute atomic E-state index is 0.239. The van der Waals surface area contributed by atoms with E-state index in [2.05, 4.69) is 45.8 Å². The molecule has 1 fully saturated rings. The van der Waals surface area contributed by atoms with E-state index in [1.165, 1.54) is 30.5 Å². The van der Waals surface area contributed by atoms with Gasteiger partial charge in [0.25, 0.3) is 5.56 Å². The van der Waals surface area contributed by atoms with Crippen molar-refractivity contribution in [2.45, 2.75) is 6.36 Å². The first-order valence-electron chi connectivity index (χ1n) is 9.35. The lowest BCUT2D eigenvalue weighted by Crippen LogP contribution is -2.45. The molecular weight excluding hydrogens is 481 g/mol. The third-order valence-corrected chi connectivity index (χ3v) is 5.42. The maximum absolute atomic E-state index is 12.5. The number of piperazine rings is 1. The normalized spacial score (nSPS) is 15.3. The predicted octanol–water partition coefficient (Wildman–Crippen LogP) is 3.47. The number of nitrogens with one attached hydrogen (secondary N) is 2. The largest absolute Gasteiger partial charge is 0.573 e. The highest BCUT2D eigenvalue weighted by molar-refractivity contribution is 9.10. The van der Waals surface area contributed by atoms with Crippen molar-refractivity contribution in [3.63, 3.8) is 0 Å². The summed E-state index contributed by atoms with van der Waals surface area (Å²) < 4.78 is 41.6. The van der Waals surface area contributed by atoms with Crippen LogP contribution in [0.4, 0.5) is 30.6 Å². The zero-order valence-corrected chi connectivity index (χ0v) is 17.9. The molecule has 2 N–H and O–H groups in total. The van der Waals surface area contributed by atoms with Crippen LogP contribution < -0.4 is 20.5 Å². The first-order chi connectivity index (χ1) is 14.7. The highest BCUT2D eigenvalue weighted by Crippen LogP contribution is 2.30. The molecule has 1 saturated heterocycles. The Morgan fingerprint density at radius 1 is 1.13 bits per heavy atom. The molecule has 3 aromatic rings. The van der Waals surface area contributed by atoms with Gasteiger partial charge in [0, 0.05) is 38.1 Å². The van der Waals surface area contributed by atoms with Crippen LogP contribution in [-0.2, 0) is 0 Å². The van der Waals surface area contributed by atoms with E-state index < -0.39 is 6.36 Å². The average molecular weight is 499 g/mol. The van der Waals surface area contributed by atoms with Crippen LogP contribution in [0.3, 0.4) is 0 Å². The topological polar surface area (TPSA) is 86.4 Å². The molecule has 4 rings (SSSR count). The highest BCUT2D eigenvalue weighted by Gasteiger charge is 2.31. The molecule has 2 aromatic heterocycles. The van der Waals surface area contributed by atoms with Crippen LogP contribution in [0.2, 0.25) is 0 Å². The number of aromatic nitrogens is 3. The second-order valence-electron chi connectivity index (χ2n) is 7.05. The second kappa shape index (κ2) is 8.35. The number of likely N-dealkylation sites (N-methyl/N-ethyl adjacent to an activating group) is 1. The number of benzene rings is 1. The van der Waals surface area contributed by atoms with Crippen LogP contribution in [0.15, 0.2) is 39.7 Å².